The van der Waals surface area contributed by atoms with Crippen LogP contribution in [0.15, 0.2) is 24.3 Å². The number of hydrogen-bond acceptors (Lipinski definition) is 6. The highest BCUT2D eigenvalue weighted by Crippen LogP contribution is 2.37. The summed E-state index contributed by atoms with van der Waals surface area (Å²) >= 11 is 0. The van der Waals surface area contributed by atoms with E-state index in [0.29, 0.717) is 57.1 Å². The number of sulfonamides is 1. The van der Waals surface area contributed by atoms with Gasteiger partial charge in [0, 0.05) is 38.3 Å². The maximum Gasteiger partial charge on any atom is 0.254 e. The van der Waals surface area contributed by atoms with Crippen LogP contribution in [0.3, 0.4) is 0 Å². The second-order valence-corrected chi connectivity index (χ2v) is 10.2. The lowest BCUT2D eigenvalue weighted by Gasteiger charge is -2.62. The zero-order valence-electron chi connectivity index (χ0n) is 17.0. The molecule has 4 rings (SSSR count). The number of hydrogen-bond donors (Lipinski definition) is 0. The molecule has 0 aliphatic carbocycles. The minimum Gasteiger partial charge on any atom is -0.497 e. The SMILES string of the molecule is CCCS(=O)(=O)N1CC2(CN(C(=O)c3cccc(OC)c3)C[C@@H]3COCCN32)C1. The molecule has 1 spiro atoms. The first kappa shape index (κ1) is 20.6. The minimum atomic E-state index is -3.23. The number of fused-ring (bicyclic) bond motifs is 2. The van der Waals surface area contributed by atoms with Gasteiger partial charge in [0.15, 0.2) is 0 Å². The third-order valence-corrected chi connectivity index (χ3v) is 8.12. The van der Waals surface area contributed by atoms with Crippen LogP contribution in [0.25, 0.3) is 0 Å². The van der Waals surface area contributed by atoms with E-state index >= 15 is 0 Å². The molecule has 1 atom stereocenters. The van der Waals surface area contributed by atoms with Crippen LogP contribution in [-0.2, 0) is 14.8 Å². The van der Waals surface area contributed by atoms with Gasteiger partial charge in [0.1, 0.15) is 5.75 Å². The third kappa shape index (κ3) is 3.76. The first-order valence-electron chi connectivity index (χ1n) is 10.1. The first-order chi connectivity index (χ1) is 13.9. The zero-order valence-corrected chi connectivity index (χ0v) is 17.9. The van der Waals surface area contributed by atoms with E-state index in [1.54, 1.807) is 23.5 Å². The van der Waals surface area contributed by atoms with Crippen molar-refractivity contribution in [1.82, 2.24) is 14.1 Å². The second kappa shape index (κ2) is 7.86. The van der Waals surface area contributed by atoms with Gasteiger partial charge in [0.25, 0.3) is 5.91 Å². The van der Waals surface area contributed by atoms with Crippen LogP contribution in [0.2, 0.25) is 0 Å². The monoisotopic (exact) mass is 423 g/mol. The Bertz CT molecular complexity index is 869. The van der Waals surface area contributed by atoms with E-state index < -0.39 is 10.0 Å². The molecule has 29 heavy (non-hydrogen) atoms. The average Bonchev–Trinajstić information content (AvgIpc) is 2.70. The van der Waals surface area contributed by atoms with Crippen LogP contribution in [0.1, 0.15) is 23.7 Å². The number of morpholine rings is 1. The van der Waals surface area contributed by atoms with E-state index in [1.165, 1.54) is 0 Å². The fourth-order valence-corrected chi connectivity index (χ4v) is 6.41. The molecule has 0 bridgehead atoms. The second-order valence-electron chi connectivity index (χ2n) is 8.15. The van der Waals surface area contributed by atoms with Crippen molar-refractivity contribution in [3.05, 3.63) is 29.8 Å². The molecule has 3 fully saturated rings. The van der Waals surface area contributed by atoms with Crippen LogP contribution in [0.5, 0.6) is 5.75 Å². The summed E-state index contributed by atoms with van der Waals surface area (Å²) < 4.78 is 37.5. The van der Waals surface area contributed by atoms with Gasteiger partial charge in [-0.2, -0.15) is 4.31 Å². The van der Waals surface area contributed by atoms with Crippen LogP contribution in [0.4, 0.5) is 0 Å². The Hall–Kier alpha value is -1.68. The first-order valence-corrected chi connectivity index (χ1v) is 11.7. The number of methoxy groups -OCH3 is 1. The lowest BCUT2D eigenvalue weighted by molar-refractivity contribution is -0.141. The molecule has 3 aliphatic heterocycles. The van der Waals surface area contributed by atoms with Crippen molar-refractivity contribution < 1.29 is 22.7 Å². The molecular weight excluding hydrogens is 394 g/mol. The molecule has 3 saturated heterocycles. The molecule has 160 valence electrons. The molecule has 0 aromatic heterocycles. The zero-order chi connectivity index (χ0) is 20.6. The van der Waals surface area contributed by atoms with Crippen molar-refractivity contribution in [3.63, 3.8) is 0 Å². The van der Waals surface area contributed by atoms with E-state index in [4.69, 9.17) is 9.47 Å². The Kier molecular flexibility index (Phi) is 5.58. The Morgan fingerprint density at radius 3 is 2.83 bits per heavy atom. The molecule has 1 aromatic carbocycles. The summed E-state index contributed by atoms with van der Waals surface area (Å²) in [5, 5.41) is 0. The fraction of sp³-hybridized carbons (Fsp3) is 0.650. The molecule has 8 nitrogen and oxygen atoms in total. The van der Waals surface area contributed by atoms with E-state index in [-0.39, 0.29) is 23.2 Å². The van der Waals surface area contributed by atoms with E-state index in [1.807, 2.05) is 24.0 Å². The summed E-state index contributed by atoms with van der Waals surface area (Å²) in [6, 6.07) is 7.25. The number of rotatable bonds is 5. The Labute approximate surface area is 172 Å². The number of carbonyl (C=O) groups is 1. The van der Waals surface area contributed by atoms with Crippen molar-refractivity contribution in [2.45, 2.75) is 24.9 Å². The molecule has 0 radical (unpaired) electrons. The normalized spacial score (nSPS) is 24.8. The van der Waals surface area contributed by atoms with Gasteiger partial charge in [-0.15, -0.1) is 0 Å². The van der Waals surface area contributed by atoms with Crippen LogP contribution in [0, 0.1) is 0 Å². The highest BCUT2D eigenvalue weighted by atomic mass is 32.2. The third-order valence-electron chi connectivity index (χ3n) is 6.15. The summed E-state index contributed by atoms with van der Waals surface area (Å²) in [5.74, 6) is 0.760. The molecule has 3 aliphatic rings. The summed E-state index contributed by atoms with van der Waals surface area (Å²) in [5.41, 5.74) is 0.252. The molecule has 9 heteroatoms. The quantitative estimate of drug-likeness (QED) is 0.692. The van der Waals surface area contributed by atoms with Gasteiger partial charge < -0.3 is 14.4 Å². The molecule has 1 amide bonds. The Balaban J connectivity index is 1.56. The smallest absolute Gasteiger partial charge is 0.254 e. The van der Waals surface area contributed by atoms with Gasteiger partial charge in [-0.1, -0.05) is 13.0 Å². The largest absolute Gasteiger partial charge is 0.497 e. The van der Waals surface area contributed by atoms with Gasteiger partial charge in [-0.05, 0) is 24.6 Å². The van der Waals surface area contributed by atoms with Crippen LogP contribution < -0.4 is 4.74 Å². The van der Waals surface area contributed by atoms with Gasteiger partial charge in [-0.3, -0.25) is 9.69 Å². The minimum absolute atomic E-state index is 0.0524. The van der Waals surface area contributed by atoms with Crippen molar-refractivity contribution >= 4 is 15.9 Å². The highest BCUT2D eigenvalue weighted by Gasteiger charge is 2.57. The number of nitrogens with zero attached hydrogens (tertiary/aromatic N) is 3. The lowest BCUT2D eigenvalue weighted by atomic mass is 9.84. The summed E-state index contributed by atoms with van der Waals surface area (Å²) in [6.07, 6.45) is 0.604. The lowest BCUT2D eigenvalue weighted by Crippen LogP contribution is -2.81. The van der Waals surface area contributed by atoms with Crippen molar-refractivity contribution in [3.8, 4) is 5.75 Å². The summed E-state index contributed by atoms with van der Waals surface area (Å²) in [4.78, 5) is 17.5. The highest BCUT2D eigenvalue weighted by molar-refractivity contribution is 7.89. The number of amides is 1. The van der Waals surface area contributed by atoms with Gasteiger partial charge in [0.05, 0.1) is 37.7 Å². The van der Waals surface area contributed by atoms with Crippen molar-refractivity contribution in [2.75, 3.05) is 58.8 Å². The Morgan fingerprint density at radius 2 is 2.10 bits per heavy atom. The molecule has 1 aromatic rings. The van der Waals surface area contributed by atoms with Gasteiger partial charge >= 0.3 is 0 Å². The average molecular weight is 424 g/mol. The van der Waals surface area contributed by atoms with E-state index in [2.05, 4.69) is 4.90 Å². The molecule has 0 saturated carbocycles. The molecule has 3 heterocycles. The summed E-state index contributed by atoms with van der Waals surface area (Å²) in [7, 11) is -1.65. The number of carbonyl (C=O) groups excluding carboxylic acids is 1. The fourth-order valence-electron chi connectivity index (χ4n) is 4.76. The van der Waals surface area contributed by atoms with E-state index in [9.17, 15) is 13.2 Å². The molecule has 0 N–H and O–H groups in total. The van der Waals surface area contributed by atoms with Gasteiger partial charge in [0.2, 0.25) is 10.0 Å². The topological polar surface area (TPSA) is 79.4 Å². The number of benzene rings is 1. The summed E-state index contributed by atoms with van der Waals surface area (Å²) in [6.45, 7) is 5.83. The van der Waals surface area contributed by atoms with Gasteiger partial charge in [-0.25, -0.2) is 8.42 Å². The van der Waals surface area contributed by atoms with Crippen molar-refractivity contribution in [1.29, 1.82) is 0 Å². The predicted octanol–water partition coefficient (Wildman–Crippen LogP) is 0.646. The number of ether oxygens (including phenoxy) is 2. The van der Waals surface area contributed by atoms with Crippen molar-refractivity contribution in [2.24, 2.45) is 0 Å². The molecular formula is C20H29N3O5S. The standard InChI is InChI=1S/C20H29N3O5S/c1-3-9-29(25,26)22-14-20(15-22)13-21(11-17-12-28-8-7-23(17)20)19(24)16-5-4-6-18(10-16)27-2/h4-6,10,17H,3,7-9,11-15H2,1-2H3/t17-/m1/s1. The van der Waals surface area contributed by atoms with E-state index in [0.717, 1.165) is 6.54 Å². The van der Waals surface area contributed by atoms with Crippen LogP contribution in [-0.4, -0.2) is 98.8 Å². The predicted molar refractivity (Wildman–Crippen MR) is 109 cm³/mol. The maximum atomic E-state index is 13.2. The van der Waals surface area contributed by atoms with Crippen LogP contribution >= 0.6 is 0 Å². The Morgan fingerprint density at radius 1 is 1.31 bits per heavy atom. The molecule has 0 unspecified atom stereocenters. The maximum absolute atomic E-state index is 13.2. The number of piperazine rings is 1.